The lowest BCUT2D eigenvalue weighted by Gasteiger charge is -2.13. The van der Waals surface area contributed by atoms with Gasteiger partial charge in [0.05, 0.1) is 32.9 Å². The highest BCUT2D eigenvalue weighted by Crippen LogP contribution is 2.37. The number of carbonyl (C=O) groups is 2. The summed E-state index contributed by atoms with van der Waals surface area (Å²) in [5, 5.41) is -0.711. The topological polar surface area (TPSA) is 34.1 Å². The number of Topliss-reactive ketones (excluding diaryl/α,β-unsaturated/α-hetero) is 2. The molecule has 0 fully saturated rings. The highest BCUT2D eigenvalue weighted by Gasteiger charge is 2.38. The van der Waals surface area contributed by atoms with Gasteiger partial charge in [0.1, 0.15) is 0 Å². The molecule has 16 heteroatoms. The van der Waals surface area contributed by atoms with E-state index in [0.29, 0.717) is 24.3 Å². The van der Waals surface area contributed by atoms with Crippen molar-refractivity contribution >= 4 is 43.4 Å². The van der Waals surface area contributed by atoms with Gasteiger partial charge in [-0.3, -0.25) is 9.59 Å². The van der Waals surface area contributed by atoms with Gasteiger partial charge < -0.3 is 0 Å². The minimum atomic E-state index is -4.94. The van der Waals surface area contributed by atoms with Crippen LogP contribution in [-0.4, -0.2) is 22.2 Å². The Morgan fingerprint density at radius 2 is 0.667 bits per heavy atom. The molecule has 0 saturated carbocycles. The van der Waals surface area contributed by atoms with Crippen LogP contribution in [0.15, 0.2) is 36.4 Å². The Balaban J connectivity index is 0.000000360. The van der Waals surface area contributed by atoms with Crippen LogP contribution in [0, 0.1) is 0 Å². The predicted molar refractivity (Wildman–Crippen MR) is 109 cm³/mol. The summed E-state index contributed by atoms with van der Waals surface area (Å²) >= 11 is 5.38. The van der Waals surface area contributed by atoms with Gasteiger partial charge in [0.15, 0.2) is 11.6 Å². The van der Waals surface area contributed by atoms with E-state index in [1.807, 2.05) is 0 Å². The monoisotopic (exact) mass is 668 g/mol. The van der Waals surface area contributed by atoms with Crippen LogP contribution >= 0.6 is 31.9 Å². The van der Waals surface area contributed by atoms with Crippen molar-refractivity contribution in [2.75, 3.05) is 10.7 Å². The van der Waals surface area contributed by atoms with E-state index in [-0.39, 0.29) is 22.8 Å². The zero-order valence-electron chi connectivity index (χ0n) is 17.0. The Labute approximate surface area is 210 Å². The average molecular weight is 670 g/mol. The van der Waals surface area contributed by atoms with Crippen LogP contribution in [-0.2, 0) is 24.7 Å². The molecule has 0 atom stereocenters. The molecule has 0 N–H and O–H groups in total. The van der Waals surface area contributed by atoms with Crippen molar-refractivity contribution in [2.45, 2.75) is 24.7 Å². The Morgan fingerprint density at radius 3 is 0.806 bits per heavy atom. The van der Waals surface area contributed by atoms with Gasteiger partial charge in [-0.2, -0.15) is 52.7 Å². The first-order valence-electron chi connectivity index (χ1n) is 8.88. The molecule has 0 aliphatic rings. The summed E-state index contributed by atoms with van der Waals surface area (Å²) in [5.74, 6) is -1.71. The first-order valence-corrected chi connectivity index (χ1v) is 11.1. The minimum Gasteiger partial charge on any atom is -0.293 e. The van der Waals surface area contributed by atoms with Gasteiger partial charge in [0.2, 0.25) is 0 Å². The molecule has 2 aromatic carbocycles. The van der Waals surface area contributed by atoms with Crippen molar-refractivity contribution in [3.63, 3.8) is 0 Å². The number of halogens is 14. The number of hydrogen-bond donors (Lipinski definition) is 0. The molecule has 0 radical (unpaired) electrons. The molecule has 0 aromatic heterocycles. The van der Waals surface area contributed by atoms with Gasteiger partial charge in [0.25, 0.3) is 0 Å². The van der Waals surface area contributed by atoms with Crippen LogP contribution in [0.1, 0.15) is 43.0 Å². The SMILES string of the molecule is O=C(CBr)c1cc(C(F)(F)F)cc(C(F)(F)F)c1.O=C(CBr)c1cc(C(F)(F)F)cc(C(F)(F)F)c1. The fourth-order valence-electron chi connectivity index (χ4n) is 2.39. The third-order valence-corrected chi connectivity index (χ3v) is 5.08. The number of rotatable bonds is 4. The van der Waals surface area contributed by atoms with E-state index in [2.05, 4.69) is 31.9 Å². The van der Waals surface area contributed by atoms with E-state index in [4.69, 9.17) is 0 Å². The fraction of sp³-hybridized carbons (Fsp3) is 0.300. The zero-order valence-corrected chi connectivity index (χ0v) is 20.2. The number of alkyl halides is 14. The molecule has 2 aromatic rings. The van der Waals surface area contributed by atoms with Gasteiger partial charge in [-0.1, -0.05) is 31.9 Å². The molecule has 0 unspecified atom stereocenters. The van der Waals surface area contributed by atoms with Gasteiger partial charge in [-0.15, -0.1) is 0 Å². The molecule has 0 saturated heterocycles. The van der Waals surface area contributed by atoms with Crippen LogP contribution in [0.5, 0.6) is 0 Å². The van der Waals surface area contributed by atoms with Crippen molar-refractivity contribution in [1.29, 1.82) is 0 Å². The summed E-state index contributed by atoms with van der Waals surface area (Å²) in [4.78, 5) is 22.4. The second-order valence-electron chi connectivity index (χ2n) is 6.70. The van der Waals surface area contributed by atoms with Crippen molar-refractivity contribution in [3.8, 4) is 0 Å². The maximum atomic E-state index is 12.4. The quantitative estimate of drug-likeness (QED) is 0.186. The number of ketones is 2. The molecule has 0 heterocycles. The minimum absolute atomic E-state index is 0.0228. The molecule has 0 spiro atoms. The molecule has 0 aliphatic carbocycles. The predicted octanol–water partition coefficient (Wildman–Crippen LogP) is 8.60. The Morgan fingerprint density at radius 1 is 0.472 bits per heavy atom. The fourth-order valence-corrected chi connectivity index (χ4v) is 3.03. The van der Waals surface area contributed by atoms with Crippen molar-refractivity contribution < 1.29 is 62.3 Å². The molecule has 2 rings (SSSR count). The summed E-state index contributed by atoms with van der Waals surface area (Å²) in [6.07, 6.45) is -19.8. The van der Waals surface area contributed by atoms with Crippen molar-refractivity contribution in [3.05, 3.63) is 69.8 Å². The Bertz CT molecular complexity index is 948. The normalized spacial score (nSPS) is 12.6. The van der Waals surface area contributed by atoms with Gasteiger partial charge in [0, 0.05) is 11.1 Å². The van der Waals surface area contributed by atoms with E-state index in [1.54, 1.807) is 0 Å². The van der Waals surface area contributed by atoms with Gasteiger partial charge in [-0.05, 0) is 36.4 Å². The molecule has 0 amide bonds. The molecule has 36 heavy (non-hydrogen) atoms. The first kappa shape index (κ1) is 31.9. The highest BCUT2D eigenvalue weighted by atomic mass is 79.9. The largest absolute Gasteiger partial charge is 0.416 e. The lowest BCUT2D eigenvalue weighted by atomic mass is 10.0. The third-order valence-electron chi connectivity index (χ3n) is 4.06. The summed E-state index contributed by atoms with van der Waals surface area (Å²) in [5.41, 5.74) is -7.26. The first-order chi connectivity index (χ1) is 16.1. The molecule has 0 aliphatic heterocycles. The molecular formula is C20H10Br2F12O2. The van der Waals surface area contributed by atoms with E-state index < -0.39 is 69.7 Å². The average Bonchev–Trinajstić information content (AvgIpc) is 2.75. The summed E-state index contributed by atoms with van der Waals surface area (Å²) in [6, 6.07) is 1.56. The van der Waals surface area contributed by atoms with E-state index in [1.165, 1.54) is 0 Å². The standard InChI is InChI=1S/2C10H5BrF6O/c2*11-4-8(18)5-1-6(9(12,13)14)3-7(2-5)10(15,16)17/h2*1-3H,4H2. The van der Waals surface area contributed by atoms with E-state index >= 15 is 0 Å². The summed E-state index contributed by atoms with van der Waals surface area (Å²) in [6.45, 7) is 0. The Hall–Kier alpha value is -2.10. The lowest BCUT2D eigenvalue weighted by Crippen LogP contribution is -2.13. The van der Waals surface area contributed by atoms with E-state index in [0.717, 1.165) is 0 Å². The van der Waals surface area contributed by atoms with Gasteiger partial charge >= 0.3 is 24.7 Å². The van der Waals surface area contributed by atoms with E-state index in [9.17, 15) is 62.3 Å². The smallest absolute Gasteiger partial charge is 0.293 e. The van der Waals surface area contributed by atoms with Crippen molar-refractivity contribution in [1.82, 2.24) is 0 Å². The zero-order chi connectivity index (χ0) is 28.3. The molecule has 2 nitrogen and oxygen atoms in total. The van der Waals surface area contributed by atoms with Crippen LogP contribution < -0.4 is 0 Å². The number of benzene rings is 2. The number of carbonyl (C=O) groups excluding carboxylic acids is 2. The lowest BCUT2D eigenvalue weighted by molar-refractivity contribution is -0.144. The summed E-state index contributed by atoms with van der Waals surface area (Å²) < 4.78 is 149. The molecule has 200 valence electrons. The third kappa shape index (κ3) is 9.09. The Kier molecular flexibility index (Phi) is 10.2. The van der Waals surface area contributed by atoms with Gasteiger partial charge in [-0.25, -0.2) is 0 Å². The van der Waals surface area contributed by atoms with Crippen LogP contribution in [0.25, 0.3) is 0 Å². The van der Waals surface area contributed by atoms with Crippen LogP contribution in [0.3, 0.4) is 0 Å². The molecule has 0 bridgehead atoms. The maximum Gasteiger partial charge on any atom is 0.416 e. The second-order valence-corrected chi connectivity index (χ2v) is 7.82. The van der Waals surface area contributed by atoms with Crippen LogP contribution in [0.2, 0.25) is 0 Å². The number of hydrogen-bond acceptors (Lipinski definition) is 2. The van der Waals surface area contributed by atoms with Crippen molar-refractivity contribution in [2.24, 2.45) is 0 Å². The van der Waals surface area contributed by atoms with Crippen LogP contribution in [0.4, 0.5) is 52.7 Å². The molecular weight excluding hydrogens is 660 g/mol. The summed E-state index contributed by atoms with van der Waals surface area (Å²) in [7, 11) is 0. The maximum absolute atomic E-state index is 12.4. The highest BCUT2D eigenvalue weighted by molar-refractivity contribution is 9.09. The second kappa shape index (κ2) is 11.5.